The Morgan fingerprint density at radius 2 is 2.22 bits per heavy atom. The third-order valence-corrected chi connectivity index (χ3v) is 6.39. The topological polar surface area (TPSA) is 56.0 Å². The van der Waals surface area contributed by atoms with Crippen LogP contribution in [0.1, 0.15) is 29.3 Å². The number of nitrogens with two attached hydrogens (primary N) is 1. The summed E-state index contributed by atoms with van der Waals surface area (Å²) in [6.07, 6.45) is 2.68. The summed E-state index contributed by atoms with van der Waals surface area (Å²) in [4.78, 5) is 16.7. The van der Waals surface area contributed by atoms with Crippen LogP contribution in [0.2, 0.25) is 0 Å². The molecule has 1 aliphatic rings. The standard InChI is InChI=1S/C13H18N2OS2/c1-3-9-12(18-7-6-17-9)11(16)10-8(2)4-5-15-13(10)14/h4-5,9,12H,3,6-7H2,1-2H3,(H2,14,15). The van der Waals surface area contributed by atoms with Gasteiger partial charge in [-0.1, -0.05) is 6.92 Å². The fraction of sp³-hybridized carbons (Fsp3) is 0.538. The van der Waals surface area contributed by atoms with Crippen molar-refractivity contribution in [2.24, 2.45) is 0 Å². The number of hydrogen-bond donors (Lipinski definition) is 1. The lowest BCUT2D eigenvalue weighted by molar-refractivity contribution is 0.0988. The maximum Gasteiger partial charge on any atom is 0.180 e. The van der Waals surface area contributed by atoms with Gasteiger partial charge in [0.25, 0.3) is 0 Å². The number of ketones is 1. The van der Waals surface area contributed by atoms with Crippen molar-refractivity contribution in [3.8, 4) is 0 Å². The number of thioether (sulfide) groups is 2. The number of aromatic nitrogens is 1. The predicted molar refractivity (Wildman–Crippen MR) is 80.5 cm³/mol. The van der Waals surface area contributed by atoms with Gasteiger partial charge in [0, 0.05) is 23.0 Å². The lowest BCUT2D eigenvalue weighted by Crippen LogP contribution is -2.33. The summed E-state index contributed by atoms with van der Waals surface area (Å²) in [5.74, 6) is 2.69. The number of carbonyl (C=O) groups excluding carboxylic acids is 1. The zero-order valence-electron chi connectivity index (χ0n) is 10.7. The fourth-order valence-electron chi connectivity index (χ4n) is 2.19. The minimum Gasteiger partial charge on any atom is -0.383 e. The molecule has 0 bridgehead atoms. The Kier molecular flexibility index (Phi) is 4.56. The van der Waals surface area contributed by atoms with Crippen molar-refractivity contribution in [1.82, 2.24) is 4.98 Å². The van der Waals surface area contributed by atoms with Crippen LogP contribution >= 0.6 is 23.5 Å². The molecule has 0 spiro atoms. The molecule has 0 aliphatic carbocycles. The van der Waals surface area contributed by atoms with Crippen molar-refractivity contribution in [3.63, 3.8) is 0 Å². The van der Waals surface area contributed by atoms with E-state index in [-0.39, 0.29) is 11.0 Å². The molecule has 2 unspecified atom stereocenters. The monoisotopic (exact) mass is 282 g/mol. The molecule has 2 atom stereocenters. The molecule has 2 N–H and O–H groups in total. The van der Waals surface area contributed by atoms with Gasteiger partial charge in [0.1, 0.15) is 5.82 Å². The van der Waals surface area contributed by atoms with E-state index in [1.54, 1.807) is 18.0 Å². The highest BCUT2D eigenvalue weighted by Gasteiger charge is 2.33. The number of carbonyl (C=O) groups is 1. The summed E-state index contributed by atoms with van der Waals surface area (Å²) in [6.45, 7) is 4.07. The van der Waals surface area contributed by atoms with Crippen molar-refractivity contribution in [2.45, 2.75) is 30.8 Å². The van der Waals surface area contributed by atoms with Gasteiger partial charge in [0.05, 0.1) is 10.8 Å². The molecule has 3 nitrogen and oxygen atoms in total. The van der Waals surface area contributed by atoms with Gasteiger partial charge in [-0.2, -0.15) is 11.8 Å². The van der Waals surface area contributed by atoms with Gasteiger partial charge >= 0.3 is 0 Å². The highest BCUT2D eigenvalue weighted by Crippen LogP contribution is 2.36. The van der Waals surface area contributed by atoms with E-state index < -0.39 is 0 Å². The van der Waals surface area contributed by atoms with Crippen LogP contribution in [0.4, 0.5) is 5.82 Å². The molecule has 0 aromatic carbocycles. The Bertz CT molecular complexity index is 430. The number of nitrogens with zero attached hydrogens (tertiary/aromatic N) is 1. The van der Waals surface area contributed by atoms with Crippen LogP contribution < -0.4 is 5.73 Å². The molecule has 18 heavy (non-hydrogen) atoms. The second-order valence-corrected chi connectivity index (χ2v) is 6.96. The highest BCUT2D eigenvalue weighted by molar-refractivity contribution is 8.07. The molecule has 1 aromatic heterocycles. The van der Waals surface area contributed by atoms with Gasteiger partial charge < -0.3 is 5.73 Å². The van der Waals surface area contributed by atoms with Gasteiger partial charge in [-0.3, -0.25) is 4.79 Å². The van der Waals surface area contributed by atoms with E-state index in [1.807, 2.05) is 24.8 Å². The third kappa shape index (κ3) is 2.67. The largest absolute Gasteiger partial charge is 0.383 e. The summed E-state index contributed by atoms with van der Waals surface area (Å²) in [7, 11) is 0. The summed E-state index contributed by atoms with van der Waals surface area (Å²) in [6, 6.07) is 1.85. The Labute approximate surface area is 116 Å². The average Bonchev–Trinajstić information content (AvgIpc) is 2.38. The summed E-state index contributed by atoms with van der Waals surface area (Å²) < 4.78 is 0. The Hall–Kier alpha value is -0.680. The maximum absolute atomic E-state index is 12.7. The average molecular weight is 282 g/mol. The molecule has 0 radical (unpaired) electrons. The second-order valence-electron chi connectivity index (χ2n) is 4.36. The van der Waals surface area contributed by atoms with E-state index in [4.69, 9.17) is 5.73 Å². The minimum atomic E-state index is 0.0268. The summed E-state index contributed by atoms with van der Waals surface area (Å²) in [5.41, 5.74) is 7.42. The van der Waals surface area contributed by atoms with Crippen LogP contribution in [-0.4, -0.2) is 32.8 Å². The van der Waals surface area contributed by atoms with E-state index in [1.165, 1.54) is 0 Å². The van der Waals surface area contributed by atoms with Crippen LogP contribution in [0.25, 0.3) is 0 Å². The smallest absolute Gasteiger partial charge is 0.180 e. The molecule has 2 rings (SSSR count). The molecule has 98 valence electrons. The number of nitrogen functional groups attached to an aromatic ring is 1. The highest BCUT2D eigenvalue weighted by atomic mass is 32.2. The summed E-state index contributed by atoms with van der Waals surface area (Å²) in [5, 5.41) is 0.425. The van der Waals surface area contributed by atoms with Crippen LogP contribution in [-0.2, 0) is 0 Å². The predicted octanol–water partition coefficient (Wildman–Crippen LogP) is 2.78. The Morgan fingerprint density at radius 1 is 1.50 bits per heavy atom. The van der Waals surface area contributed by atoms with Crippen molar-refractivity contribution >= 4 is 35.1 Å². The Balaban J connectivity index is 2.30. The molecule has 1 aromatic rings. The zero-order valence-corrected chi connectivity index (χ0v) is 12.3. The minimum absolute atomic E-state index is 0.0268. The fourth-order valence-corrected chi connectivity index (χ4v) is 5.20. The summed E-state index contributed by atoms with van der Waals surface area (Å²) >= 11 is 3.67. The van der Waals surface area contributed by atoms with Gasteiger partial charge in [-0.25, -0.2) is 4.98 Å². The normalized spacial score (nSPS) is 23.9. The number of pyridine rings is 1. The first kappa shape index (κ1) is 13.7. The van der Waals surface area contributed by atoms with E-state index >= 15 is 0 Å². The first-order valence-corrected chi connectivity index (χ1v) is 8.23. The maximum atomic E-state index is 12.7. The first-order valence-electron chi connectivity index (χ1n) is 6.13. The quantitative estimate of drug-likeness (QED) is 0.864. The number of hydrogen-bond acceptors (Lipinski definition) is 5. The van der Waals surface area contributed by atoms with Crippen molar-refractivity contribution in [3.05, 3.63) is 23.4 Å². The van der Waals surface area contributed by atoms with Gasteiger partial charge in [0.2, 0.25) is 0 Å². The van der Waals surface area contributed by atoms with Crippen LogP contribution in [0.3, 0.4) is 0 Å². The molecular weight excluding hydrogens is 264 g/mol. The Morgan fingerprint density at radius 3 is 2.89 bits per heavy atom. The van der Waals surface area contributed by atoms with Crippen molar-refractivity contribution < 1.29 is 4.79 Å². The molecule has 1 fully saturated rings. The number of anilines is 1. The molecule has 0 saturated carbocycles. The van der Waals surface area contributed by atoms with Gasteiger partial charge in [0.15, 0.2) is 5.78 Å². The number of rotatable bonds is 3. The molecule has 5 heteroatoms. The molecule has 2 heterocycles. The number of aryl methyl sites for hydroxylation is 1. The molecular formula is C13H18N2OS2. The van der Waals surface area contributed by atoms with E-state index in [0.29, 0.717) is 16.6 Å². The molecule has 1 aliphatic heterocycles. The van der Waals surface area contributed by atoms with Crippen LogP contribution in [0.15, 0.2) is 12.3 Å². The number of Topliss-reactive ketones (excluding diaryl/α,β-unsaturated/α-hetero) is 1. The van der Waals surface area contributed by atoms with Gasteiger partial charge in [-0.05, 0) is 25.0 Å². The SMILES string of the molecule is CCC1SCCSC1C(=O)c1c(C)ccnc1N. The van der Waals surface area contributed by atoms with Gasteiger partial charge in [-0.15, -0.1) is 11.8 Å². The lowest BCUT2D eigenvalue weighted by Gasteiger charge is -2.29. The van der Waals surface area contributed by atoms with E-state index in [2.05, 4.69) is 11.9 Å². The lowest BCUT2D eigenvalue weighted by atomic mass is 10.0. The van der Waals surface area contributed by atoms with Crippen LogP contribution in [0, 0.1) is 6.92 Å². The third-order valence-electron chi connectivity index (χ3n) is 3.15. The van der Waals surface area contributed by atoms with E-state index in [9.17, 15) is 4.79 Å². The first-order chi connectivity index (χ1) is 8.65. The second kappa shape index (κ2) is 5.97. The molecule has 1 saturated heterocycles. The van der Waals surface area contributed by atoms with E-state index in [0.717, 1.165) is 23.5 Å². The van der Waals surface area contributed by atoms with Crippen molar-refractivity contribution in [2.75, 3.05) is 17.2 Å². The van der Waals surface area contributed by atoms with Crippen molar-refractivity contribution in [1.29, 1.82) is 0 Å². The zero-order chi connectivity index (χ0) is 13.1. The molecule has 0 amide bonds. The van der Waals surface area contributed by atoms with Crippen LogP contribution in [0.5, 0.6) is 0 Å².